The first kappa shape index (κ1) is 17.3. The lowest BCUT2D eigenvalue weighted by Gasteiger charge is -2.07. The first-order chi connectivity index (χ1) is 13.0. The minimum Gasteiger partial charge on any atom is -0.496 e. The first-order valence-corrected chi connectivity index (χ1v) is 9.88. The summed E-state index contributed by atoms with van der Waals surface area (Å²) < 4.78 is 33.2. The van der Waals surface area contributed by atoms with E-state index in [0.717, 1.165) is 22.1 Å². The fraction of sp³-hybridized carbons (Fsp3) is 0.0952. The Kier molecular flexibility index (Phi) is 4.20. The number of benzene rings is 2. The maximum Gasteiger partial charge on any atom is 0.269 e. The number of hydrogen-bond acceptors (Lipinski definition) is 4. The molecule has 0 aliphatic rings. The largest absolute Gasteiger partial charge is 0.496 e. The zero-order valence-electron chi connectivity index (χ0n) is 15.0. The number of aromatic nitrogens is 2. The van der Waals surface area contributed by atoms with Gasteiger partial charge in [-0.25, -0.2) is 17.4 Å². The number of aryl methyl sites for hydroxylation is 1. The van der Waals surface area contributed by atoms with Gasteiger partial charge in [0.2, 0.25) is 0 Å². The predicted molar refractivity (Wildman–Crippen MR) is 105 cm³/mol. The molecular weight excluding hydrogens is 360 g/mol. The summed E-state index contributed by atoms with van der Waals surface area (Å²) in [7, 11) is -2.18. The zero-order valence-corrected chi connectivity index (χ0v) is 15.8. The van der Waals surface area contributed by atoms with E-state index >= 15 is 0 Å². The van der Waals surface area contributed by atoms with Crippen LogP contribution in [0.15, 0.2) is 78.0 Å². The molecule has 0 aliphatic heterocycles. The van der Waals surface area contributed by atoms with Crippen LogP contribution in [0, 0.1) is 6.92 Å². The Hall–Kier alpha value is -3.12. The molecule has 2 aromatic carbocycles. The molecule has 0 N–H and O–H groups in total. The second-order valence-corrected chi connectivity index (χ2v) is 8.05. The molecule has 4 rings (SSSR count). The normalized spacial score (nSPS) is 11.6. The van der Waals surface area contributed by atoms with E-state index in [1.54, 1.807) is 49.8 Å². The topological polar surface area (TPSA) is 61.2 Å². The third kappa shape index (κ3) is 2.88. The number of rotatable bonds is 4. The Morgan fingerprint density at radius 1 is 0.926 bits per heavy atom. The molecule has 0 saturated heterocycles. The number of fused-ring (bicyclic) bond motifs is 1. The molecule has 5 nitrogen and oxygen atoms in total. The second kappa shape index (κ2) is 6.55. The van der Waals surface area contributed by atoms with E-state index in [9.17, 15) is 8.42 Å². The molecule has 0 atom stereocenters. The highest BCUT2D eigenvalue weighted by Gasteiger charge is 2.23. The molecule has 0 bridgehead atoms. The van der Waals surface area contributed by atoms with Gasteiger partial charge in [0.05, 0.1) is 12.0 Å². The lowest BCUT2D eigenvalue weighted by molar-refractivity contribution is 0.416. The van der Waals surface area contributed by atoms with E-state index in [4.69, 9.17) is 4.74 Å². The van der Waals surface area contributed by atoms with E-state index in [2.05, 4.69) is 4.98 Å². The van der Waals surface area contributed by atoms with Gasteiger partial charge in [-0.3, -0.25) is 0 Å². The standard InChI is InChI=1S/C21H18N2O3S/c1-15-9-11-16(12-10-15)27(24,25)23-14-19(18-7-5-13-22-21(18)23)17-6-3-4-8-20(17)26-2/h3-14H,1-2H3. The number of hydrogen-bond donors (Lipinski definition) is 0. The van der Waals surface area contributed by atoms with Crippen molar-refractivity contribution in [3.05, 3.63) is 78.6 Å². The van der Waals surface area contributed by atoms with Gasteiger partial charge in [-0.2, -0.15) is 0 Å². The summed E-state index contributed by atoms with van der Waals surface area (Å²) in [6.45, 7) is 1.92. The number of pyridine rings is 1. The van der Waals surface area contributed by atoms with E-state index in [1.165, 1.54) is 3.97 Å². The summed E-state index contributed by atoms with van der Waals surface area (Å²) in [4.78, 5) is 4.56. The van der Waals surface area contributed by atoms with Crippen molar-refractivity contribution in [2.24, 2.45) is 0 Å². The second-order valence-electron chi connectivity index (χ2n) is 6.23. The molecule has 136 valence electrons. The van der Waals surface area contributed by atoms with Crippen molar-refractivity contribution in [2.75, 3.05) is 7.11 Å². The van der Waals surface area contributed by atoms with Crippen LogP contribution in [-0.2, 0) is 10.0 Å². The van der Waals surface area contributed by atoms with Crippen LogP contribution in [0.2, 0.25) is 0 Å². The van der Waals surface area contributed by atoms with Crippen LogP contribution < -0.4 is 4.74 Å². The monoisotopic (exact) mass is 378 g/mol. The highest BCUT2D eigenvalue weighted by atomic mass is 32.2. The summed E-state index contributed by atoms with van der Waals surface area (Å²) in [5, 5.41) is 0.748. The molecule has 0 unspecified atom stereocenters. The molecular formula is C21H18N2O3S. The molecule has 27 heavy (non-hydrogen) atoms. The maximum absolute atomic E-state index is 13.2. The Morgan fingerprint density at radius 3 is 2.41 bits per heavy atom. The number of nitrogens with zero attached hydrogens (tertiary/aromatic N) is 2. The molecule has 6 heteroatoms. The molecule has 0 radical (unpaired) electrons. The smallest absolute Gasteiger partial charge is 0.269 e. The molecule has 0 spiro atoms. The average molecular weight is 378 g/mol. The lowest BCUT2D eigenvalue weighted by Crippen LogP contribution is -2.12. The molecule has 4 aromatic rings. The molecule has 0 fully saturated rings. The SMILES string of the molecule is COc1ccccc1-c1cn(S(=O)(=O)c2ccc(C)cc2)c2ncccc12. The van der Waals surface area contributed by atoms with Crippen molar-refractivity contribution in [1.82, 2.24) is 8.96 Å². The maximum atomic E-state index is 13.2. The van der Waals surface area contributed by atoms with Gasteiger partial charge >= 0.3 is 0 Å². The van der Waals surface area contributed by atoms with Gasteiger partial charge in [-0.05, 0) is 37.3 Å². The predicted octanol–water partition coefficient (Wildman–Crippen LogP) is 4.26. The van der Waals surface area contributed by atoms with Gasteiger partial charge in [0, 0.05) is 28.9 Å². The van der Waals surface area contributed by atoms with Gasteiger partial charge in [0.1, 0.15) is 5.75 Å². The van der Waals surface area contributed by atoms with E-state index in [0.29, 0.717) is 11.4 Å². The van der Waals surface area contributed by atoms with Crippen LogP contribution in [-0.4, -0.2) is 24.5 Å². The van der Waals surface area contributed by atoms with Crippen molar-refractivity contribution in [1.29, 1.82) is 0 Å². The third-order valence-corrected chi connectivity index (χ3v) is 6.17. The minimum atomic E-state index is -3.78. The van der Waals surface area contributed by atoms with Crippen LogP contribution >= 0.6 is 0 Å². The van der Waals surface area contributed by atoms with Crippen LogP contribution in [0.3, 0.4) is 0 Å². The lowest BCUT2D eigenvalue weighted by atomic mass is 10.1. The third-order valence-electron chi connectivity index (χ3n) is 4.51. The Balaban J connectivity index is 2.00. The fourth-order valence-electron chi connectivity index (χ4n) is 3.12. The molecule has 2 heterocycles. The van der Waals surface area contributed by atoms with Gasteiger partial charge in [-0.1, -0.05) is 35.9 Å². The number of para-hydroxylation sites is 1. The number of ether oxygens (including phenoxy) is 1. The minimum absolute atomic E-state index is 0.224. The summed E-state index contributed by atoms with van der Waals surface area (Å²) in [5.74, 6) is 0.674. The first-order valence-electron chi connectivity index (χ1n) is 8.44. The van der Waals surface area contributed by atoms with E-state index in [1.807, 2.05) is 37.3 Å². The Labute approximate surface area is 157 Å². The quantitative estimate of drug-likeness (QED) is 0.532. The Bertz CT molecular complexity index is 1230. The summed E-state index contributed by atoms with van der Waals surface area (Å²) in [6, 6.07) is 18.0. The van der Waals surface area contributed by atoms with E-state index < -0.39 is 10.0 Å². The van der Waals surface area contributed by atoms with Crippen molar-refractivity contribution in [3.63, 3.8) is 0 Å². The van der Waals surface area contributed by atoms with Crippen molar-refractivity contribution < 1.29 is 13.2 Å². The van der Waals surface area contributed by atoms with Gasteiger partial charge in [-0.15, -0.1) is 0 Å². The van der Waals surface area contributed by atoms with Crippen molar-refractivity contribution >= 4 is 21.1 Å². The van der Waals surface area contributed by atoms with Crippen molar-refractivity contribution in [3.8, 4) is 16.9 Å². The van der Waals surface area contributed by atoms with Crippen LogP contribution in [0.4, 0.5) is 0 Å². The van der Waals surface area contributed by atoms with Crippen LogP contribution in [0.5, 0.6) is 5.75 Å². The van der Waals surface area contributed by atoms with E-state index in [-0.39, 0.29) is 4.90 Å². The van der Waals surface area contributed by atoms with Gasteiger partial charge < -0.3 is 4.74 Å². The van der Waals surface area contributed by atoms with Crippen LogP contribution in [0.25, 0.3) is 22.2 Å². The highest BCUT2D eigenvalue weighted by Crippen LogP contribution is 2.36. The van der Waals surface area contributed by atoms with Crippen LogP contribution in [0.1, 0.15) is 5.56 Å². The molecule has 0 aliphatic carbocycles. The zero-order chi connectivity index (χ0) is 19.0. The summed E-state index contributed by atoms with van der Waals surface area (Å²) in [5.41, 5.74) is 2.96. The molecule has 0 amide bonds. The summed E-state index contributed by atoms with van der Waals surface area (Å²) in [6.07, 6.45) is 3.21. The number of methoxy groups -OCH3 is 1. The molecule has 0 saturated carbocycles. The van der Waals surface area contributed by atoms with Crippen molar-refractivity contribution in [2.45, 2.75) is 11.8 Å². The van der Waals surface area contributed by atoms with Gasteiger partial charge in [0.15, 0.2) is 5.65 Å². The summed E-state index contributed by atoms with van der Waals surface area (Å²) >= 11 is 0. The molecule has 2 aromatic heterocycles. The van der Waals surface area contributed by atoms with Gasteiger partial charge in [0.25, 0.3) is 10.0 Å². The Morgan fingerprint density at radius 2 is 1.67 bits per heavy atom. The highest BCUT2D eigenvalue weighted by molar-refractivity contribution is 7.90. The fourth-order valence-corrected chi connectivity index (χ4v) is 4.44. The average Bonchev–Trinajstić information content (AvgIpc) is 3.08.